The molecule has 0 unspecified atom stereocenters. The second-order valence-electron chi connectivity index (χ2n) is 16.8. The van der Waals surface area contributed by atoms with Gasteiger partial charge in [0, 0.05) is 18.3 Å². The van der Waals surface area contributed by atoms with Crippen LogP contribution in [0.4, 0.5) is 0 Å². The number of ether oxygens (including phenoxy) is 9. The van der Waals surface area contributed by atoms with Crippen molar-refractivity contribution in [2.45, 2.75) is 75.2 Å². The minimum Gasteiger partial charge on any atom is -0.459 e. The summed E-state index contributed by atoms with van der Waals surface area (Å²) < 4.78 is 54.8. The number of hydrogen-bond acceptors (Lipinski definition) is 17. The molecule has 3 aliphatic heterocycles. The third-order valence-electron chi connectivity index (χ3n) is 12.2. The van der Waals surface area contributed by atoms with E-state index in [0.29, 0.717) is 0 Å². The van der Waals surface area contributed by atoms with E-state index in [1.807, 2.05) is 0 Å². The molecule has 0 radical (unpaired) electrons. The molecule has 10 atom stereocenters. The van der Waals surface area contributed by atoms with Gasteiger partial charge in [0.1, 0.15) is 43.7 Å². The first-order valence-corrected chi connectivity index (χ1v) is 22.8. The van der Waals surface area contributed by atoms with Crippen LogP contribution in [0.3, 0.4) is 0 Å². The minimum atomic E-state index is -1.95. The molecule has 2 fully saturated rings. The molecule has 72 heavy (non-hydrogen) atoms. The standard InChI is InChI=1S/C54H49NO17/c1-31-32(2)47(58)55(46(31)57)40-43(41(56)38(68-53(40)64-3)29-65-48(59)33-19-9-4-10-20-33)72-54-45(70-52(63)37-27-17-8-18-28-37)44(69-51(62)36-25-15-7-16-26-36)42(71-54)39(67-50(61)35-23-13-6-14-24-35)30-66-49(60)34-21-11-5-12-22-34/h4-28,38-45,53-54,56H,29-30H2,1-3H3/t38-,39-,40-,41-,42+,43-,44+,45-,53-,54+/m1/s1. The molecule has 18 heteroatoms. The van der Waals surface area contributed by atoms with Gasteiger partial charge in [0.25, 0.3) is 11.8 Å². The molecule has 2 saturated heterocycles. The lowest BCUT2D eigenvalue weighted by Crippen LogP contribution is -2.67. The highest BCUT2D eigenvalue weighted by Gasteiger charge is 2.60. The number of methoxy groups -OCH3 is 1. The van der Waals surface area contributed by atoms with Crippen LogP contribution in [0.15, 0.2) is 163 Å². The summed E-state index contributed by atoms with van der Waals surface area (Å²) in [5.41, 5.74) is 0.633. The van der Waals surface area contributed by atoms with Crippen LogP contribution in [-0.4, -0.2) is 133 Å². The van der Waals surface area contributed by atoms with Gasteiger partial charge in [0.05, 0.1) is 27.8 Å². The van der Waals surface area contributed by atoms with Crippen molar-refractivity contribution in [1.82, 2.24) is 4.90 Å². The largest absolute Gasteiger partial charge is 0.459 e. The zero-order valence-corrected chi connectivity index (χ0v) is 39.0. The highest BCUT2D eigenvalue weighted by Crippen LogP contribution is 2.39. The molecule has 5 aromatic rings. The Morgan fingerprint density at radius 1 is 0.542 bits per heavy atom. The van der Waals surface area contributed by atoms with Crippen LogP contribution in [0.5, 0.6) is 0 Å². The van der Waals surface area contributed by atoms with Crippen LogP contribution in [0.1, 0.15) is 65.6 Å². The maximum atomic E-state index is 14.2. The Morgan fingerprint density at radius 2 is 0.958 bits per heavy atom. The number of carbonyl (C=O) groups excluding carboxylic acids is 7. The van der Waals surface area contributed by atoms with E-state index in [9.17, 15) is 38.7 Å². The molecule has 5 aromatic carbocycles. The number of nitrogens with zero attached hydrogens (tertiary/aromatic N) is 1. The monoisotopic (exact) mass is 983 g/mol. The minimum absolute atomic E-state index is 0.0330. The molecule has 0 aliphatic carbocycles. The highest BCUT2D eigenvalue weighted by atomic mass is 16.8. The smallest absolute Gasteiger partial charge is 0.338 e. The number of esters is 5. The van der Waals surface area contributed by atoms with Gasteiger partial charge in [-0.2, -0.15) is 0 Å². The number of hydrogen-bond donors (Lipinski definition) is 1. The third kappa shape index (κ3) is 11.2. The fourth-order valence-electron chi connectivity index (χ4n) is 8.32. The summed E-state index contributed by atoms with van der Waals surface area (Å²) in [6.07, 6.45) is -15.7. The third-order valence-corrected chi connectivity index (χ3v) is 12.2. The molecule has 0 bridgehead atoms. The lowest BCUT2D eigenvalue weighted by atomic mass is 9.95. The number of amides is 2. The van der Waals surface area contributed by atoms with Gasteiger partial charge in [-0.15, -0.1) is 0 Å². The van der Waals surface area contributed by atoms with E-state index in [-0.39, 0.29) is 39.0 Å². The number of benzene rings is 5. The van der Waals surface area contributed by atoms with Crippen molar-refractivity contribution in [2.24, 2.45) is 0 Å². The zero-order chi connectivity index (χ0) is 50.9. The first-order chi connectivity index (χ1) is 34.8. The summed E-state index contributed by atoms with van der Waals surface area (Å²) in [7, 11) is 1.21. The molecule has 3 heterocycles. The van der Waals surface area contributed by atoms with Crippen molar-refractivity contribution in [2.75, 3.05) is 20.3 Å². The Labute approximate surface area is 412 Å². The molecule has 0 spiro atoms. The Kier molecular flexibility index (Phi) is 16.1. The molecular weight excluding hydrogens is 935 g/mol. The molecule has 372 valence electrons. The Hall–Kier alpha value is -7.87. The van der Waals surface area contributed by atoms with Crippen LogP contribution in [0, 0.1) is 0 Å². The van der Waals surface area contributed by atoms with Crippen molar-refractivity contribution in [3.8, 4) is 0 Å². The van der Waals surface area contributed by atoms with Crippen molar-refractivity contribution in [1.29, 1.82) is 0 Å². The van der Waals surface area contributed by atoms with E-state index in [1.165, 1.54) is 81.6 Å². The Morgan fingerprint density at radius 3 is 1.42 bits per heavy atom. The van der Waals surface area contributed by atoms with Gasteiger partial charge in [-0.05, 0) is 74.5 Å². The van der Waals surface area contributed by atoms with Gasteiger partial charge in [-0.1, -0.05) is 91.0 Å². The van der Waals surface area contributed by atoms with Crippen molar-refractivity contribution in [3.63, 3.8) is 0 Å². The average molecular weight is 984 g/mol. The van der Waals surface area contributed by atoms with Gasteiger partial charge in [-0.3, -0.25) is 14.5 Å². The number of aliphatic hydroxyl groups excluding tert-OH is 1. The average Bonchev–Trinajstić information content (AvgIpc) is 3.84. The van der Waals surface area contributed by atoms with Crippen molar-refractivity contribution >= 4 is 41.7 Å². The normalized spacial score (nSPS) is 24.3. The number of imide groups is 1. The molecule has 1 N–H and O–H groups in total. The lowest BCUT2D eigenvalue weighted by molar-refractivity contribution is -0.310. The van der Waals surface area contributed by atoms with E-state index in [2.05, 4.69) is 0 Å². The second-order valence-corrected chi connectivity index (χ2v) is 16.8. The van der Waals surface area contributed by atoms with Crippen molar-refractivity contribution < 1.29 is 81.3 Å². The second kappa shape index (κ2) is 22.9. The molecule has 2 amide bonds. The van der Waals surface area contributed by atoms with Gasteiger partial charge in [0.15, 0.2) is 30.9 Å². The summed E-state index contributed by atoms with van der Waals surface area (Å²) in [5, 5.41) is 12.4. The van der Waals surface area contributed by atoms with E-state index < -0.39 is 116 Å². The van der Waals surface area contributed by atoms with Crippen LogP contribution in [-0.2, 0) is 52.2 Å². The maximum absolute atomic E-state index is 14.2. The first kappa shape index (κ1) is 50.5. The van der Waals surface area contributed by atoms with Gasteiger partial charge >= 0.3 is 29.8 Å². The van der Waals surface area contributed by atoms with Crippen LogP contribution >= 0.6 is 0 Å². The van der Waals surface area contributed by atoms with E-state index in [0.717, 1.165) is 4.90 Å². The molecule has 0 aromatic heterocycles. The predicted molar refractivity (Wildman–Crippen MR) is 250 cm³/mol. The first-order valence-electron chi connectivity index (χ1n) is 22.8. The molecule has 0 saturated carbocycles. The number of rotatable bonds is 17. The quantitative estimate of drug-likeness (QED) is 0.0709. The Balaban J connectivity index is 1.22. The zero-order valence-electron chi connectivity index (χ0n) is 39.0. The van der Waals surface area contributed by atoms with Crippen molar-refractivity contribution in [3.05, 3.63) is 191 Å². The molecule has 8 rings (SSSR count). The van der Waals surface area contributed by atoms with Gasteiger partial charge < -0.3 is 47.7 Å². The summed E-state index contributed by atoms with van der Waals surface area (Å²) in [6, 6.07) is 37.5. The fraction of sp³-hybridized carbons (Fsp3) is 0.278. The van der Waals surface area contributed by atoms with E-state index in [4.69, 9.17) is 42.6 Å². The van der Waals surface area contributed by atoms with Crippen LogP contribution in [0.25, 0.3) is 0 Å². The summed E-state index contributed by atoms with van der Waals surface area (Å²) in [5.74, 6) is -6.01. The Bertz CT molecular complexity index is 2750. The van der Waals surface area contributed by atoms with Gasteiger partial charge in [0.2, 0.25) is 0 Å². The molecular formula is C54H49NO17. The maximum Gasteiger partial charge on any atom is 0.338 e. The van der Waals surface area contributed by atoms with Crippen LogP contribution in [0.2, 0.25) is 0 Å². The predicted octanol–water partition coefficient (Wildman–Crippen LogP) is 5.29. The number of carbonyl (C=O) groups is 7. The fourth-order valence-corrected chi connectivity index (χ4v) is 8.32. The summed E-state index contributed by atoms with van der Waals surface area (Å²) in [6.45, 7) is 1.54. The summed E-state index contributed by atoms with van der Waals surface area (Å²) >= 11 is 0. The van der Waals surface area contributed by atoms with Crippen LogP contribution < -0.4 is 0 Å². The number of aliphatic hydroxyl groups is 1. The van der Waals surface area contributed by atoms with Gasteiger partial charge in [-0.25, -0.2) is 24.0 Å². The van der Waals surface area contributed by atoms with E-state index in [1.54, 1.807) is 91.0 Å². The molecule has 18 nitrogen and oxygen atoms in total. The van der Waals surface area contributed by atoms with E-state index >= 15 is 0 Å². The SMILES string of the molecule is CO[C@@H]1O[C@H](COC(=O)c2ccccc2)[C@@H](O)[C@H](O[C@@H]2O[C@@H]([C@@H](COC(=O)c3ccccc3)OC(=O)c3ccccc3)[C@H](OC(=O)c3ccccc3)[C@H]2OC(=O)c2ccccc2)[C@H]1N1C(=O)C(C)=C(C)C1=O. The topological polar surface area (TPSA) is 226 Å². The lowest BCUT2D eigenvalue weighted by Gasteiger charge is -2.47. The molecule has 3 aliphatic rings. The summed E-state index contributed by atoms with van der Waals surface area (Å²) in [4.78, 5) is 97.7. The highest BCUT2D eigenvalue weighted by molar-refractivity contribution is 6.19.